The third kappa shape index (κ3) is 3.80. The molecule has 0 amide bonds. The highest BCUT2D eigenvalue weighted by atomic mass is 19.1. The van der Waals surface area contributed by atoms with E-state index in [0.29, 0.717) is 5.92 Å². The van der Waals surface area contributed by atoms with Crippen LogP contribution in [0.5, 0.6) is 0 Å². The van der Waals surface area contributed by atoms with Gasteiger partial charge in [0.05, 0.1) is 5.56 Å². The number of nitriles is 1. The number of methoxy groups -OCH3 is 1. The summed E-state index contributed by atoms with van der Waals surface area (Å²) in [6.07, 6.45) is 7.07. The summed E-state index contributed by atoms with van der Waals surface area (Å²) in [4.78, 5) is 0. The molecule has 0 spiro atoms. The van der Waals surface area contributed by atoms with Crippen molar-refractivity contribution < 1.29 is 9.13 Å². The molecule has 0 atom stereocenters. The molecule has 0 radical (unpaired) electrons. The number of benzene rings is 1. The first-order chi connectivity index (χ1) is 9.74. The van der Waals surface area contributed by atoms with Gasteiger partial charge in [0, 0.05) is 13.7 Å². The summed E-state index contributed by atoms with van der Waals surface area (Å²) in [5.74, 6) is 0.868. The van der Waals surface area contributed by atoms with Crippen molar-refractivity contribution in [1.29, 1.82) is 5.26 Å². The lowest BCUT2D eigenvalue weighted by Gasteiger charge is -2.28. The molecule has 108 valence electrons. The molecule has 2 rings (SSSR count). The van der Waals surface area contributed by atoms with Gasteiger partial charge in [0.25, 0.3) is 0 Å². The van der Waals surface area contributed by atoms with Crippen LogP contribution in [0.15, 0.2) is 18.2 Å². The minimum absolute atomic E-state index is 0.141. The number of hydrogen-bond acceptors (Lipinski definition) is 2. The Morgan fingerprint density at radius 3 is 2.65 bits per heavy atom. The number of nitrogens with zero attached hydrogens (tertiary/aromatic N) is 1. The molecule has 1 saturated carbocycles. The third-order valence-corrected chi connectivity index (χ3v) is 4.39. The van der Waals surface area contributed by atoms with Crippen molar-refractivity contribution in [3.63, 3.8) is 0 Å². The van der Waals surface area contributed by atoms with Crippen LogP contribution in [-0.2, 0) is 4.74 Å². The lowest BCUT2D eigenvalue weighted by molar-refractivity contribution is 0.180. The molecule has 0 heterocycles. The summed E-state index contributed by atoms with van der Waals surface area (Å²) >= 11 is 0. The van der Waals surface area contributed by atoms with Gasteiger partial charge in [0.15, 0.2) is 0 Å². The average Bonchev–Trinajstić information content (AvgIpc) is 2.48. The number of ether oxygens (including phenoxy) is 1. The van der Waals surface area contributed by atoms with E-state index in [1.807, 2.05) is 12.1 Å². The summed E-state index contributed by atoms with van der Waals surface area (Å²) < 4.78 is 18.7. The second-order valence-electron chi connectivity index (χ2n) is 5.70. The van der Waals surface area contributed by atoms with Crippen LogP contribution >= 0.6 is 0 Å². The van der Waals surface area contributed by atoms with Crippen LogP contribution < -0.4 is 0 Å². The Balaban J connectivity index is 1.87. The first kappa shape index (κ1) is 15.0. The summed E-state index contributed by atoms with van der Waals surface area (Å²) in [5, 5.41) is 8.76. The fraction of sp³-hybridized carbons (Fsp3) is 0.588. The zero-order valence-corrected chi connectivity index (χ0v) is 12.1. The summed E-state index contributed by atoms with van der Waals surface area (Å²) in [5.41, 5.74) is 1.19. The molecule has 20 heavy (non-hydrogen) atoms. The zero-order chi connectivity index (χ0) is 14.4. The van der Waals surface area contributed by atoms with Crippen LogP contribution in [-0.4, -0.2) is 13.7 Å². The second-order valence-corrected chi connectivity index (χ2v) is 5.70. The Morgan fingerprint density at radius 1 is 1.30 bits per heavy atom. The molecule has 1 aromatic carbocycles. The van der Waals surface area contributed by atoms with Crippen molar-refractivity contribution in [3.8, 4) is 6.07 Å². The van der Waals surface area contributed by atoms with E-state index < -0.39 is 0 Å². The first-order valence-corrected chi connectivity index (χ1v) is 7.43. The summed E-state index contributed by atoms with van der Waals surface area (Å²) in [6.45, 7) is 0.848. The van der Waals surface area contributed by atoms with Crippen LogP contribution in [0.4, 0.5) is 4.39 Å². The molecule has 0 bridgehead atoms. The minimum Gasteiger partial charge on any atom is -0.385 e. The van der Waals surface area contributed by atoms with Gasteiger partial charge in [0.2, 0.25) is 0 Å². The van der Waals surface area contributed by atoms with Crippen molar-refractivity contribution in [2.45, 2.75) is 44.4 Å². The third-order valence-electron chi connectivity index (χ3n) is 4.39. The first-order valence-electron chi connectivity index (χ1n) is 7.43. The van der Waals surface area contributed by atoms with Gasteiger partial charge in [-0.2, -0.15) is 5.26 Å². The Kier molecular flexibility index (Phi) is 5.55. The fourth-order valence-electron chi connectivity index (χ4n) is 3.18. The van der Waals surface area contributed by atoms with Gasteiger partial charge >= 0.3 is 0 Å². The fourth-order valence-corrected chi connectivity index (χ4v) is 3.18. The monoisotopic (exact) mass is 275 g/mol. The molecular formula is C17H22FNO. The van der Waals surface area contributed by atoms with E-state index in [0.717, 1.165) is 37.4 Å². The second kappa shape index (κ2) is 7.40. The predicted molar refractivity (Wildman–Crippen MR) is 76.9 cm³/mol. The summed E-state index contributed by atoms with van der Waals surface area (Å²) in [7, 11) is 1.75. The maximum atomic E-state index is 13.7. The summed E-state index contributed by atoms with van der Waals surface area (Å²) in [6, 6.07) is 6.95. The Hall–Kier alpha value is -1.40. The van der Waals surface area contributed by atoms with E-state index in [-0.39, 0.29) is 11.4 Å². The molecule has 0 saturated heterocycles. The number of rotatable bonds is 5. The van der Waals surface area contributed by atoms with Gasteiger partial charge in [-0.15, -0.1) is 0 Å². The van der Waals surface area contributed by atoms with Crippen molar-refractivity contribution in [2.24, 2.45) is 5.92 Å². The standard InChI is InChI=1S/C17H22FNO/c1-20-10-2-3-13-4-6-14(7-5-13)15-8-9-16(12-19)17(18)11-15/h8-9,11,13-14H,2-7,10H2,1H3/t13-,14-. The van der Waals surface area contributed by atoms with E-state index in [4.69, 9.17) is 10.00 Å². The Labute approximate surface area is 120 Å². The molecule has 1 aliphatic rings. The van der Waals surface area contributed by atoms with Crippen LogP contribution in [0.1, 0.15) is 55.6 Å². The van der Waals surface area contributed by atoms with Gasteiger partial charge in [-0.1, -0.05) is 6.07 Å². The highest BCUT2D eigenvalue weighted by Crippen LogP contribution is 2.37. The maximum absolute atomic E-state index is 13.7. The minimum atomic E-state index is -0.382. The smallest absolute Gasteiger partial charge is 0.141 e. The van der Waals surface area contributed by atoms with Crippen LogP contribution in [0, 0.1) is 23.1 Å². The lowest BCUT2D eigenvalue weighted by atomic mass is 9.77. The van der Waals surface area contributed by atoms with Gasteiger partial charge in [-0.25, -0.2) is 4.39 Å². The highest BCUT2D eigenvalue weighted by molar-refractivity contribution is 5.34. The zero-order valence-electron chi connectivity index (χ0n) is 12.1. The number of halogens is 1. The molecule has 1 aromatic rings. The maximum Gasteiger partial charge on any atom is 0.141 e. The Bertz CT molecular complexity index is 472. The van der Waals surface area contributed by atoms with Crippen molar-refractivity contribution in [1.82, 2.24) is 0 Å². The van der Waals surface area contributed by atoms with Crippen molar-refractivity contribution in [3.05, 3.63) is 35.1 Å². The van der Waals surface area contributed by atoms with E-state index in [9.17, 15) is 4.39 Å². The number of hydrogen-bond donors (Lipinski definition) is 0. The van der Waals surface area contributed by atoms with Crippen LogP contribution in [0.25, 0.3) is 0 Å². The van der Waals surface area contributed by atoms with Crippen molar-refractivity contribution in [2.75, 3.05) is 13.7 Å². The lowest BCUT2D eigenvalue weighted by Crippen LogP contribution is -2.14. The highest BCUT2D eigenvalue weighted by Gasteiger charge is 2.22. The average molecular weight is 275 g/mol. The Morgan fingerprint density at radius 2 is 2.05 bits per heavy atom. The molecular weight excluding hydrogens is 253 g/mol. The normalized spacial score (nSPS) is 22.4. The van der Waals surface area contributed by atoms with Crippen LogP contribution in [0.3, 0.4) is 0 Å². The van der Waals surface area contributed by atoms with Crippen molar-refractivity contribution >= 4 is 0 Å². The van der Waals surface area contributed by atoms with Gasteiger partial charge < -0.3 is 4.74 Å². The van der Waals surface area contributed by atoms with Crippen LogP contribution in [0.2, 0.25) is 0 Å². The molecule has 1 aliphatic carbocycles. The molecule has 2 nitrogen and oxygen atoms in total. The molecule has 0 aromatic heterocycles. The largest absolute Gasteiger partial charge is 0.385 e. The molecule has 0 N–H and O–H groups in total. The molecule has 0 aliphatic heterocycles. The molecule has 0 unspecified atom stereocenters. The van der Waals surface area contributed by atoms with E-state index in [1.165, 1.54) is 19.3 Å². The van der Waals surface area contributed by atoms with Gasteiger partial charge in [-0.05, 0) is 68.1 Å². The van der Waals surface area contributed by atoms with E-state index >= 15 is 0 Å². The predicted octanol–water partition coefficient (Wildman–Crippen LogP) is 4.40. The quantitative estimate of drug-likeness (QED) is 0.746. The molecule has 1 fully saturated rings. The molecule has 3 heteroatoms. The van der Waals surface area contributed by atoms with Gasteiger partial charge in [0.1, 0.15) is 11.9 Å². The van der Waals surface area contributed by atoms with E-state index in [2.05, 4.69) is 0 Å². The topological polar surface area (TPSA) is 33.0 Å². The van der Waals surface area contributed by atoms with Gasteiger partial charge in [-0.3, -0.25) is 0 Å². The SMILES string of the molecule is COCCC[C@H]1CC[C@H](c2ccc(C#N)c(F)c2)CC1. The van der Waals surface area contributed by atoms with E-state index in [1.54, 1.807) is 19.2 Å².